The second-order valence-corrected chi connectivity index (χ2v) is 5.84. The van der Waals surface area contributed by atoms with E-state index in [0.717, 1.165) is 23.9 Å². The lowest BCUT2D eigenvalue weighted by Gasteiger charge is -2.25. The fourth-order valence-electron chi connectivity index (χ4n) is 2.47. The van der Waals surface area contributed by atoms with Crippen LogP contribution in [0.5, 0.6) is 0 Å². The molecule has 0 bridgehead atoms. The van der Waals surface area contributed by atoms with Crippen molar-refractivity contribution in [1.29, 1.82) is 0 Å². The van der Waals surface area contributed by atoms with Gasteiger partial charge in [0, 0.05) is 11.4 Å². The molecule has 0 N–H and O–H groups in total. The van der Waals surface area contributed by atoms with Gasteiger partial charge in [0.25, 0.3) is 0 Å². The first-order valence-electron chi connectivity index (χ1n) is 7.87. The Morgan fingerprint density at radius 2 is 2.00 bits per heavy atom. The van der Waals surface area contributed by atoms with Crippen LogP contribution in [-0.4, -0.2) is 29.8 Å². The molecule has 0 amide bonds. The first kappa shape index (κ1) is 15.8. The zero-order valence-corrected chi connectivity index (χ0v) is 13.3. The number of hydrogen-bond acceptors (Lipinski definition) is 3. The number of carbonyl (C=O) groups is 1. The lowest BCUT2D eigenvalue weighted by atomic mass is 10.2. The van der Waals surface area contributed by atoms with Gasteiger partial charge in [0.05, 0.1) is 6.54 Å². The number of para-hydroxylation sites is 1. The summed E-state index contributed by atoms with van der Waals surface area (Å²) in [5.74, 6) is 0.536. The van der Waals surface area contributed by atoms with Crippen molar-refractivity contribution in [3.8, 4) is 0 Å². The molecular formula is C18H25NO2. The van der Waals surface area contributed by atoms with Gasteiger partial charge in [-0.3, -0.25) is 9.69 Å². The normalized spacial score (nSPS) is 11.7. The van der Waals surface area contributed by atoms with Crippen LogP contribution in [0.15, 0.2) is 34.7 Å². The average Bonchev–Trinajstić information content (AvgIpc) is 2.90. The van der Waals surface area contributed by atoms with E-state index in [1.54, 1.807) is 0 Å². The molecule has 0 unspecified atom stereocenters. The largest absolute Gasteiger partial charge is 0.453 e. The molecule has 0 atom stereocenters. The highest BCUT2D eigenvalue weighted by atomic mass is 16.3. The number of furan rings is 1. The molecule has 114 valence electrons. The van der Waals surface area contributed by atoms with E-state index in [4.69, 9.17) is 4.42 Å². The van der Waals surface area contributed by atoms with E-state index in [1.807, 2.05) is 30.3 Å². The molecule has 1 aromatic carbocycles. The molecule has 0 aliphatic heterocycles. The van der Waals surface area contributed by atoms with Crippen molar-refractivity contribution in [3.05, 3.63) is 36.1 Å². The Bertz CT molecular complexity index is 553. The van der Waals surface area contributed by atoms with Gasteiger partial charge >= 0.3 is 0 Å². The zero-order valence-electron chi connectivity index (χ0n) is 13.3. The van der Waals surface area contributed by atoms with Gasteiger partial charge in [-0.1, -0.05) is 38.0 Å². The van der Waals surface area contributed by atoms with Crippen LogP contribution in [0.3, 0.4) is 0 Å². The minimum absolute atomic E-state index is 0.0661. The number of Topliss-reactive ketones (excluding diaryl/α,β-unsaturated/α-hetero) is 1. The van der Waals surface area contributed by atoms with Crippen LogP contribution in [0.25, 0.3) is 11.0 Å². The van der Waals surface area contributed by atoms with Crippen LogP contribution in [0, 0.1) is 0 Å². The first-order valence-corrected chi connectivity index (χ1v) is 7.87. The number of unbranched alkanes of at least 4 members (excludes halogenated alkanes) is 2. The zero-order chi connectivity index (χ0) is 15.2. The van der Waals surface area contributed by atoms with Crippen LogP contribution in [0.2, 0.25) is 0 Å². The van der Waals surface area contributed by atoms with Gasteiger partial charge in [0.1, 0.15) is 5.58 Å². The molecule has 0 radical (unpaired) electrons. The second kappa shape index (κ2) is 7.41. The molecule has 1 aromatic heterocycles. The highest BCUT2D eigenvalue weighted by Gasteiger charge is 2.18. The Hall–Kier alpha value is -1.61. The molecule has 2 aromatic rings. The van der Waals surface area contributed by atoms with Gasteiger partial charge in [-0.25, -0.2) is 0 Å². The van der Waals surface area contributed by atoms with Crippen LogP contribution >= 0.6 is 0 Å². The molecule has 21 heavy (non-hydrogen) atoms. The maximum atomic E-state index is 12.4. The summed E-state index contributed by atoms with van der Waals surface area (Å²) in [6.45, 7) is 7.87. The smallest absolute Gasteiger partial charge is 0.211 e. The minimum Gasteiger partial charge on any atom is -0.453 e. The van der Waals surface area contributed by atoms with E-state index >= 15 is 0 Å². The van der Waals surface area contributed by atoms with Crippen molar-refractivity contribution in [2.45, 2.75) is 46.1 Å². The monoisotopic (exact) mass is 287 g/mol. The van der Waals surface area contributed by atoms with Gasteiger partial charge in [0.15, 0.2) is 5.76 Å². The number of rotatable bonds is 8. The molecular weight excluding hydrogens is 262 g/mol. The lowest BCUT2D eigenvalue weighted by molar-refractivity contribution is 0.0878. The predicted octanol–water partition coefficient (Wildman–Crippen LogP) is 4.52. The summed E-state index contributed by atoms with van der Waals surface area (Å²) < 4.78 is 5.66. The molecule has 3 heteroatoms. The van der Waals surface area contributed by atoms with E-state index < -0.39 is 0 Å². The van der Waals surface area contributed by atoms with Gasteiger partial charge < -0.3 is 4.42 Å². The predicted molar refractivity (Wildman–Crippen MR) is 86.8 cm³/mol. The molecule has 0 aliphatic rings. The molecule has 0 aliphatic carbocycles. The Balaban J connectivity index is 2.03. The third-order valence-electron chi connectivity index (χ3n) is 3.83. The van der Waals surface area contributed by atoms with Crippen LogP contribution < -0.4 is 0 Å². The Kier molecular flexibility index (Phi) is 5.57. The van der Waals surface area contributed by atoms with Crippen molar-refractivity contribution in [2.75, 3.05) is 13.1 Å². The van der Waals surface area contributed by atoms with Crippen molar-refractivity contribution < 1.29 is 9.21 Å². The lowest BCUT2D eigenvalue weighted by Crippen LogP contribution is -2.36. The SMILES string of the molecule is CCCCCN(CC(=O)c1cc2ccccc2o1)C(C)C. The van der Waals surface area contributed by atoms with Crippen LogP contribution in [0.4, 0.5) is 0 Å². The van der Waals surface area contributed by atoms with E-state index in [9.17, 15) is 4.79 Å². The quantitative estimate of drug-likeness (QED) is 0.529. The highest BCUT2D eigenvalue weighted by Crippen LogP contribution is 2.19. The van der Waals surface area contributed by atoms with Gasteiger partial charge in [-0.15, -0.1) is 0 Å². The number of ketones is 1. The third kappa shape index (κ3) is 4.18. The summed E-state index contributed by atoms with van der Waals surface area (Å²) in [7, 11) is 0. The Morgan fingerprint density at radius 1 is 1.24 bits per heavy atom. The first-order chi connectivity index (χ1) is 10.1. The summed E-state index contributed by atoms with van der Waals surface area (Å²) in [5.41, 5.74) is 0.780. The van der Waals surface area contributed by atoms with Crippen LogP contribution in [0.1, 0.15) is 50.6 Å². The van der Waals surface area contributed by atoms with Crippen molar-refractivity contribution >= 4 is 16.8 Å². The summed E-state index contributed by atoms with van der Waals surface area (Å²) in [6, 6.07) is 9.96. The minimum atomic E-state index is 0.0661. The molecule has 3 nitrogen and oxygen atoms in total. The van der Waals surface area contributed by atoms with Gasteiger partial charge in [-0.05, 0) is 38.9 Å². The number of hydrogen-bond donors (Lipinski definition) is 0. The van der Waals surface area contributed by atoms with E-state index in [2.05, 4.69) is 25.7 Å². The average molecular weight is 287 g/mol. The van der Waals surface area contributed by atoms with Crippen LogP contribution in [-0.2, 0) is 0 Å². The fourth-order valence-corrected chi connectivity index (χ4v) is 2.47. The van der Waals surface area contributed by atoms with E-state index in [1.165, 1.54) is 12.8 Å². The highest BCUT2D eigenvalue weighted by molar-refractivity contribution is 5.98. The topological polar surface area (TPSA) is 33.5 Å². The fraction of sp³-hybridized carbons (Fsp3) is 0.500. The molecule has 0 spiro atoms. The van der Waals surface area contributed by atoms with E-state index in [0.29, 0.717) is 18.3 Å². The molecule has 2 rings (SSSR count). The second-order valence-electron chi connectivity index (χ2n) is 5.84. The summed E-state index contributed by atoms with van der Waals surface area (Å²) >= 11 is 0. The summed E-state index contributed by atoms with van der Waals surface area (Å²) in [6.07, 6.45) is 3.55. The summed E-state index contributed by atoms with van der Waals surface area (Å²) in [4.78, 5) is 14.7. The standard InChI is InChI=1S/C18H25NO2/c1-4-5-8-11-19(14(2)3)13-16(20)18-12-15-9-6-7-10-17(15)21-18/h6-7,9-10,12,14H,4-5,8,11,13H2,1-3H3. The molecule has 0 fully saturated rings. The maximum Gasteiger partial charge on any atom is 0.211 e. The number of benzene rings is 1. The van der Waals surface area contributed by atoms with Crippen molar-refractivity contribution in [3.63, 3.8) is 0 Å². The molecule has 1 heterocycles. The Labute approximate surface area is 126 Å². The van der Waals surface area contributed by atoms with Crippen molar-refractivity contribution in [1.82, 2.24) is 4.90 Å². The van der Waals surface area contributed by atoms with E-state index in [-0.39, 0.29) is 5.78 Å². The maximum absolute atomic E-state index is 12.4. The number of fused-ring (bicyclic) bond motifs is 1. The van der Waals surface area contributed by atoms with Crippen molar-refractivity contribution in [2.24, 2.45) is 0 Å². The van der Waals surface area contributed by atoms with Gasteiger partial charge in [0.2, 0.25) is 5.78 Å². The third-order valence-corrected chi connectivity index (χ3v) is 3.83. The summed E-state index contributed by atoms with van der Waals surface area (Å²) in [5, 5.41) is 0.989. The molecule has 0 saturated carbocycles. The number of nitrogens with zero attached hydrogens (tertiary/aromatic N) is 1. The molecule has 0 saturated heterocycles. The Morgan fingerprint density at radius 3 is 2.67 bits per heavy atom. The van der Waals surface area contributed by atoms with Gasteiger partial charge in [-0.2, -0.15) is 0 Å². The number of carbonyl (C=O) groups excluding carboxylic acids is 1.